The zero-order valence-corrected chi connectivity index (χ0v) is 15.1. The number of benzene rings is 1. The largest absolute Gasteiger partial charge is 0.453 e. The molecule has 10 heteroatoms. The highest BCUT2D eigenvalue weighted by atomic mass is 32.2. The van der Waals surface area contributed by atoms with E-state index in [-0.39, 0.29) is 48.0 Å². The summed E-state index contributed by atoms with van der Waals surface area (Å²) in [6, 6.07) is 4.40. The lowest BCUT2D eigenvalue weighted by Crippen LogP contribution is -2.42. The van der Waals surface area contributed by atoms with Gasteiger partial charge < -0.3 is 4.74 Å². The van der Waals surface area contributed by atoms with Crippen molar-refractivity contribution in [3.05, 3.63) is 35.6 Å². The van der Waals surface area contributed by atoms with Crippen LogP contribution >= 0.6 is 0 Å². The van der Waals surface area contributed by atoms with Gasteiger partial charge in [0.1, 0.15) is 11.5 Å². The standard InChI is InChI=1S/C17H17FN2O6S/c18-12-3-1-2-11(8-12)15(21)9-26-17(23)14-4-5-16(22)20(19-14)13-6-7-27(24,25)10-13/h1-3,8,13H,4-7,9-10H2/t13-/m0/s1. The van der Waals surface area contributed by atoms with Crippen LogP contribution < -0.4 is 0 Å². The maximum atomic E-state index is 13.1. The first-order valence-electron chi connectivity index (χ1n) is 8.31. The second-order valence-corrected chi connectivity index (χ2v) is 8.58. The monoisotopic (exact) mass is 396 g/mol. The number of sulfone groups is 1. The van der Waals surface area contributed by atoms with Crippen molar-refractivity contribution in [1.29, 1.82) is 0 Å². The molecule has 144 valence electrons. The maximum absolute atomic E-state index is 13.1. The minimum atomic E-state index is -3.22. The third-order valence-corrected chi connectivity index (χ3v) is 6.08. The lowest BCUT2D eigenvalue weighted by atomic mass is 10.1. The molecule has 0 saturated carbocycles. The van der Waals surface area contributed by atoms with Crippen LogP contribution in [0, 0.1) is 5.82 Å². The van der Waals surface area contributed by atoms with Crippen LogP contribution in [0.3, 0.4) is 0 Å². The molecule has 1 aromatic rings. The number of halogens is 1. The van der Waals surface area contributed by atoms with Gasteiger partial charge in [0.15, 0.2) is 22.2 Å². The molecular formula is C17H17FN2O6S. The van der Waals surface area contributed by atoms with Gasteiger partial charge in [0.2, 0.25) is 5.91 Å². The van der Waals surface area contributed by atoms with E-state index in [9.17, 15) is 27.2 Å². The average molecular weight is 396 g/mol. The van der Waals surface area contributed by atoms with E-state index in [1.54, 1.807) is 0 Å². The minimum Gasteiger partial charge on any atom is -0.453 e. The lowest BCUT2D eigenvalue weighted by molar-refractivity contribution is -0.136. The van der Waals surface area contributed by atoms with Gasteiger partial charge in [-0.05, 0) is 18.6 Å². The van der Waals surface area contributed by atoms with Crippen LogP contribution in [0.25, 0.3) is 0 Å². The Labute approximate surface area is 154 Å². The van der Waals surface area contributed by atoms with Gasteiger partial charge in [-0.1, -0.05) is 12.1 Å². The Morgan fingerprint density at radius 1 is 1.30 bits per heavy atom. The Morgan fingerprint density at radius 2 is 2.07 bits per heavy atom. The molecule has 0 bridgehead atoms. The molecule has 0 aliphatic carbocycles. The number of hydrogen-bond donors (Lipinski definition) is 0. The molecule has 0 spiro atoms. The Bertz CT molecular complexity index is 927. The number of hydrazone groups is 1. The summed E-state index contributed by atoms with van der Waals surface area (Å²) >= 11 is 0. The van der Waals surface area contributed by atoms with Crippen molar-refractivity contribution >= 4 is 33.2 Å². The first kappa shape index (κ1) is 19.2. The van der Waals surface area contributed by atoms with Crippen molar-refractivity contribution in [2.24, 2.45) is 5.10 Å². The van der Waals surface area contributed by atoms with Crippen molar-refractivity contribution in [3.8, 4) is 0 Å². The molecule has 1 aromatic carbocycles. The van der Waals surface area contributed by atoms with Crippen LogP contribution in [0.15, 0.2) is 29.4 Å². The van der Waals surface area contributed by atoms with E-state index in [2.05, 4.69) is 5.10 Å². The van der Waals surface area contributed by atoms with Gasteiger partial charge in [-0.25, -0.2) is 22.6 Å². The Morgan fingerprint density at radius 3 is 2.74 bits per heavy atom. The molecular weight excluding hydrogens is 379 g/mol. The summed E-state index contributed by atoms with van der Waals surface area (Å²) < 4.78 is 41.3. The third-order valence-electron chi connectivity index (χ3n) is 4.33. The first-order chi connectivity index (χ1) is 12.7. The second kappa shape index (κ2) is 7.55. The van der Waals surface area contributed by atoms with Gasteiger partial charge in [-0.3, -0.25) is 9.59 Å². The molecule has 0 N–H and O–H groups in total. The molecule has 2 heterocycles. The summed E-state index contributed by atoms with van der Waals surface area (Å²) in [5.74, 6) is -2.59. The van der Waals surface area contributed by atoms with Crippen molar-refractivity contribution in [3.63, 3.8) is 0 Å². The van der Waals surface area contributed by atoms with E-state index in [4.69, 9.17) is 4.74 Å². The molecule has 1 amide bonds. The molecule has 0 aromatic heterocycles. The maximum Gasteiger partial charge on any atom is 0.354 e. The summed E-state index contributed by atoms with van der Waals surface area (Å²) in [5.41, 5.74) is 0.0206. The quantitative estimate of drug-likeness (QED) is 0.536. The summed E-state index contributed by atoms with van der Waals surface area (Å²) in [4.78, 5) is 36.2. The van der Waals surface area contributed by atoms with Gasteiger partial charge in [0.05, 0.1) is 17.5 Å². The van der Waals surface area contributed by atoms with Gasteiger partial charge in [0.25, 0.3) is 0 Å². The smallest absolute Gasteiger partial charge is 0.354 e. The Kier molecular flexibility index (Phi) is 5.36. The predicted octanol–water partition coefficient (Wildman–Crippen LogP) is 0.717. The van der Waals surface area contributed by atoms with Crippen molar-refractivity contribution < 1.29 is 31.9 Å². The van der Waals surface area contributed by atoms with Crippen LogP contribution in [0.1, 0.15) is 29.6 Å². The van der Waals surface area contributed by atoms with Crippen molar-refractivity contribution in [1.82, 2.24) is 5.01 Å². The van der Waals surface area contributed by atoms with Gasteiger partial charge >= 0.3 is 5.97 Å². The zero-order valence-electron chi connectivity index (χ0n) is 14.3. The number of amides is 1. The molecule has 3 rings (SSSR count). The number of esters is 1. The van der Waals surface area contributed by atoms with Crippen molar-refractivity contribution in [2.45, 2.75) is 25.3 Å². The van der Waals surface area contributed by atoms with E-state index in [1.165, 1.54) is 18.2 Å². The number of Topliss-reactive ketones (excluding diaryl/α,β-unsaturated/α-hetero) is 1. The highest BCUT2D eigenvalue weighted by Gasteiger charge is 2.37. The van der Waals surface area contributed by atoms with Gasteiger partial charge in [0, 0.05) is 18.4 Å². The van der Waals surface area contributed by atoms with E-state index < -0.39 is 40.1 Å². The highest BCUT2D eigenvalue weighted by Crippen LogP contribution is 2.22. The SMILES string of the molecule is O=C(OCC(=O)c1cccc(F)c1)C1=NN([C@H]2CCS(=O)(=O)C2)C(=O)CC1. The Hall–Kier alpha value is -2.62. The van der Waals surface area contributed by atoms with Gasteiger partial charge in [-0.15, -0.1) is 0 Å². The summed E-state index contributed by atoms with van der Waals surface area (Å²) in [6.45, 7) is -0.590. The van der Waals surface area contributed by atoms with E-state index in [0.717, 1.165) is 11.1 Å². The van der Waals surface area contributed by atoms with E-state index in [1.807, 2.05) is 0 Å². The van der Waals surface area contributed by atoms with Crippen LogP contribution in [-0.2, 0) is 24.2 Å². The van der Waals surface area contributed by atoms with Crippen LogP contribution in [-0.4, -0.2) is 61.0 Å². The van der Waals surface area contributed by atoms with Crippen LogP contribution in [0.2, 0.25) is 0 Å². The molecule has 0 unspecified atom stereocenters. The second-order valence-electron chi connectivity index (χ2n) is 6.35. The normalized spacial score (nSPS) is 21.7. The zero-order chi connectivity index (χ0) is 19.6. The molecule has 2 aliphatic heterocycles. The molecule has 1 saturated heterocycles. The molecule has 8 nitrogen and oxygen atoms in total. The topological polar surface area (TPSA) is 110 Å². The number of ether oxygens (including phenoxy) is 1. The third kappa shape index (κ3) is 4.57. The highest BCUT2D eigenvalue weighted by molar-refractivity contribution is 7.91. The lowest BCUT2D eigenvalue weighted by Gasteiger charge is -2.27. The summed E-state index contributed by atoms with van der Waals surface area (Å²) in [6.07, 6.45) is 0.308. The minimum absolute atomic E-state index is 0.00231. The predicted molar refractivity (Wildman–Crippen MR) is 92.3 cm³/mol. The van der Waals surface area contributed by atoms with Gasteiger partial charge in [-0.2, -0.15) is 5.10 Å². The molecule has 2 aliphatic rings. The fraction of sp³-hybridized carbons (Fsp3) is 0.412. The van der Waals surface area contributed by atoms with Crippen LogP contribution in [0.4, 0.5) is 4.39 Å². The molecule has 1 atom stereocenters. The number of carbonyl (C=O) groups is 3. The van der Waals surface area contributed by atoms with Crippen LogP contribution in [0.5, 0.6) is 0 Å². The van der Waals surface area contributed by atoms with Crippen molar-refractivity contribution in [2.75, 3.05) is 18.1 Å². The average Bonchev–Trinajstić information content (AvgIpc) is 2.99. The van der Waals surface area contributed by atoms with E-state index in [0.29, 0.717) is 0 Å². The summed E-state index contributed by atoms with van der Waals surface area (Å²) in [7, 11) is -3.22. The number of nitrogens with zero attached hydrogens (tertiary/aromatic N) is 2. The fourth-order valence-electron chi connectivity index (χ4n) is 2.93. The summed E-state index contributed by atoms with van der Waals surface area (Å²) in [5, 5.41) is 5.01. The molecule has 0 radical (unpaired) electrons. The first-order valence-corrected chi connectivity index (χ1v) is 10.1. The molecule has 27 heavy (non-hydrogen) atoms. The number of hydrogen-bond acceptors (Lipinski definition) is 7. The number of ketones is 1. The fourth-order valence-corrected chi connectivity index (χ4v) is 4.62. The Balaban J connectivity index is 1.64. The molecule has 1 fully saturated rings. The van der Waals surface area contributed by atoms with E-state index >= 15 is 0 Å². The number of rotatable bonds is 5. The number of carbonyl (C=O) groups excluding carboxylic acids is 3.